The van der Waals surface area contributed by atoms with Gasteiger partial charge in [0.25, 0.3) is 0 Å². The molecule has 0 radical (unpaired) electrons. The van der Waals surface area contributed by atoms with Crippen molar-refractivity contribution in [1.82, 2.24) is 0 Å². The predicted octanol–water partition coefficient (Wildman–Crippen LogP) is 1.64. The molecule has 0 bridgehead atoms. The van der Waals surface area contributed by atoms with Gasteiger partial charge in [0.05, 0.1) is 26.2 Å². The standard InChI is InChI=1S/C9H18N/c1-8-5-7-10(2)6-3-4-9(8)10/h8-9H,3-7H2,1-2H3/q+1. The smallest absolute Gasteiger partial charge is 0.0918 e. The van der Waals surface area contributed by atoms with Gasteiger partial charge in [-0.2, -0.15) is 0 Å². The van der Waals surface area contributed by atoms with Gasteiger partial charge in [0.2, 0.25) is 0 Å². The molecule has 2 saturated heterocycles. The lowest BCUT2D eigenvalue weighted by Crippen LogP contribution is -2.44. The zero-order valence-corrected chi connectivity index (χ0v) is 7.14. The van der Waals surface area contributed by atoms with E-state index in [9.17, 15) is 0 Å². The monoisotopic (exact) mass is 140 g/mol. The largest absolute Gasteiger partial charge is 0.323 e. The molecule has 2 heterocycles. The number of quaternary nitrogens is 1. The van der Waals surface area contributed by atoms with Gasteiger partial charge in [0.15, 0.2) is 0 Å². The van der Waals surface area contributed by atoms with Crippen LogP contribution in [0.5, 0.6) is 0 Å². The lowest BCUT2D eigenvalue weighted by molar-refractivity contribution is -0.910. The second-order valence-electron chi connectivity index (χ2n) is 4.40. The lowest BCUT2D eigenvalue weighted by Gasteiger charge is -2.30. The Balaban J connectivity index is 2.19. The number of rotatable bonds is 0. The fraction of sp³-hybridized carbons (Fsp3) is 1.00. The molecule has 3 atom stereocenters. The van der Waals surface area contributed by atoms with E-state index in [1.165, 1.54) is 36.8 Å². The summed E-state index contributed by atoms with van der Waals surface area (Å²) in [5.74, 6) is 1.01. The molecule has 2 aliphatic rings. The minimum atomic E-state index is 1.01. The maximum Gasteiger partial charge on any atom is 0.0918 e. The molecule has 2 aliphatic heterocycles. The zero-order chi connectivity index (χ0) is 7.19. The van der Waals surface area contributed by atoms with Gasteiger partial charge in [0.1, 0.15) is 0 Å². The van der Waals surface area contributed by atoms with Crippen LogP contribution >= 0.6 is 0 Å². The van der Waals surface area contributed by atoms with Crippen LogP contribution in [-0.2, 0) is 0 Å². The Morgan fingerprint density at radius 2 is 2.00 bits per heavy atom. The average Bonchev–Trinajstić information content (AvgIpc) is 2.35. The molecule has 58 valence electrons. The highest BCUT2D eigenvalue weighted by Crippen LogP contribution is 2.37. The third-order valence-corrected chi connectivity index (χ3v) is 3.72. The average molecular weight is 140 g/mol. The minimum Gasteiger partial charge on any atom is -0.323 e. The van der Waals surface area contributed by atoms with Crippen LogP contribution < -0.4 is 0 Å². The van der Waals surface area contributed by atoms with Gasteiger partial charge in [-0.05, 0) is 0 Å². The topological polar surface area (TPSA) is 0 Å². The van der Waals surface area contributed by atoms with Crippen molar-refractivity contribution in [3.8, 4) is 0 Å². The van der Waals surface area contributed by atoms with Gasteiger partial charge in [0, 0.05) is 25.2 Å². The Hall–Kier alpha value is -0.0400. The summed E-state index contributed by atoms with van der Waals surface area (Å²) < 4.78 is 1.40. The molecule has 2 rings (SSSR count). The summed E-state index contributed by atoms with van der Waals surface area (Å²) in [6, 6.07) is 1.03. The Labute approximate surface area is 63.6 Å². The highest BCUT2D eigenvalue weighted by Gasteiger charge is 2.46. The maximum atomic E-state index is 2.45. The first-order chi connectivity index (χ1) is 4.72. The fourth-order valence-corrected chi connectivity index (χ4v) is 3.01. The van der Waals surface area contributed by atoms with E-state index in [2.05, 4.69) is 14.0 Å². The van der Waals surface area contributed by atoms with Gasteiger partial charge < -0.3 is 4.48 Å². The highest BCUT2D eigenvalue weighted by atomic mass is 15.4. The third-order valence-electron chi connectivity index (χ3n) is 3.72. The molecule has 0 aromatic rings. The molecule has 0 spiro atoms. The van der Waals surface area contributed by atoms with Gasteiger partial charge >= 0.3 is 0 Å². The van der Waals surface area contributed by atoms with Crippen LogP contribution in [0.4, 0.5) is 0 Å². The Morgan fingerprint density at radius 3 is 2.70 bits per heavy atom. The minimum absolute atomic E-state index is 1.01. The molecule has 0 aromatic heterocycles. The van der Waals surface area contributed by atoms with E-state index in [1.54, 1.807) is 0 Å². The first-order valence-electron chi connectivity index (χ1n) is 4.57. The zero-order valence-electron chi connectivity index (χ0n) is 7.14. The molecule has 0 aliphatic carbocycles. The number of fused-ring (bicyclic) bond motifs is 1. The number of nitrogens with zero attached hydrogens (tertiary/aromatic N) is 1. The molecule has 1 nitrogen and oxygen atoms in total. The Bertz CT molecular complexity index is 144. The lowest BCUT2D eigenvalue weighted by atomic mass is 10.0. The maximum absolute atomic E-state index is 2.45. The van der Waals surface area contributed by atoms with Gasteiger partial charge in [-0.15, -0.1) is 0 Å². The van der Waals surface area contributed by atoms with Gasteiger partial charge in [-0.3, -0.25) is 0 Å². The molecule has 0 saturated carbocycles. The fourth-order valence-electron chi connectivity index (χ4n) is 3.01. The third kappa shape index (κ3) is 0.731. The van der Waals surface area contributed by atoms with Gasteiger partial charge in [-0.25, -0.2) is 0 Å². The van der Waals surface area contributed by atoms with Crippen molar-refractivity contribution in [2.24, 2.45) is 5.92 Å². The van der Waals surface area contributed by atoms with Crippen LogP contribution in [0.3, 0.4) is 0 Å². The van der Waals surface area contributed by atoms with Crippen LogP contribution in [0, 0.1) is 5.92 Å². The van der Waals surface area contributed by atoms with Crippen molar-refractivity contribution in [2.75, 3.05) is 20.1 Å². The molecule has 0 N–H and O–H groups in total. The number of hydrogen-bond donors (Lipinski definition) is 0. The van der Waals surface area contributed by atoms with E-state index in [1.807, 2.05) is 0 Å². The first kappa shape index (κ1) is 6.66. The Kier molecular flexibility index (Phi) is 1.31. The summed E-state index contributed by atoms with van der Waals surface area (Å²) in [6.07, 6.45) is 4.45. The molecule has 0 amide bonds. The molecule has 0 aromatic carbocycles. The second-order valence-corrected chi connectivity index (χ2v) is 4.40. The molecular formula is C9H18N+. The summed E-state index contributed by atoms with van der Waals surface area (Å²) in [4.78, 5) is 0. The van der Waals surface area contributed by atoms with E-state index in [4.69, 9.17) is 0 Å². The quantitative estimate of drug-likeness (QED) is 0.449. The van der Waals surface area contributed by atoms with E-state index >= 15 is 0 Å². The summed E-state index contributed by atoms with van der Waals surface area (Å²) in [6.45, 7) is 5.33. The molecule has 3 unspecified atom stereocenters. The van der Waals surface area contributed by atoms with Crippen molar-refractivity contribution >= 4 is 0 Å². The summed E-state index contributed by atoms with van der Waals surface area (Å²) in [7, 11) is 2.45. The molecule has 1 heteroatoms. The normalized spacial score (nSPS) is 53.4. The molecule has 10 heavy (non-hydrogen) atoms. The Morgan fingerprint density at radius 1 is 1.20 bits per heavy atom. The highest BCUT2D eigenvalue weighted by molar-refractivity contribution is 4.78. The van der Waals surface area contributed by atoms with E-state index in [-0.39, 0.29) is 0 Å². The van der Waals surface area contributed by atoms with Crippen molar-refractivity contribution in [3.63, 3.8) is 0 Å². The van der Waals surface area contributed by atoms with Crippen LogP contribution in [0.25, 0.3) is 0 Å². The van der Waals surface area contributed by atoms with Crippen molar-refractivity contribution in [1.29, 1.82) is 0 Å². The summed E-state index contributed by atoms with van der Waals surface area (Å²) in [5.41, 5.74) is 0. The van der Waals surface area contributed by atoms with E-state index in [0.29, 0.717) is 0 Å². The van der Waals surface area contributed by atoms with Crippen LogP contribution in [-0.4, -0.2) is 30.7 Å². The first-order valence-corrected chi connectivity index (χ1v) is 4.57. The van der Waals surface area contributed by atoms with Crippen molar-refractivity contribution < 1.29 is 4.48 Å². The van der Waals surface area contributed by atoms with Gasteiger partial charge in [-0.1, -0.05) is 6.92 Å². The second kappa shape index (κ2) is 1.97. The number of hydrogen-bond acceptors (Lipinski definition) is 0. The van der Waals surface area contributed by atoms with Crippen molar-refractivity contribution in [3.05, 3.63) is 0 Å². The summed E-state index contributed by atoms with van der Waals surface area (Å²) >= 11 is 0. The van der Waals surface area contributed by atoms with Crippen LogP contribution in [0.15, 0.2) is 0 Å². The van der Waals surface area contributed by atoms with E-state index in [0.717, 1.165) is 12.0 Å². The molecule has 2 fully saturated rings. The van der Waals surface area contributed by atoms with Crippen LogP contribution in [0.1, 0.15) is 26.2 Å². The van der Waals surface area contributed by atoms with E-state index < -0.39 is 0 Å². The van der Waals surface area contributed by atoms with Crippen molar-refractivity contribution in [2.45, 2.75) is 32.2 Å². The summed E-state index contributed by atoms with van der Waals surface area (Å²) in [5, 5.41) is 0. The SMILES string of the molecule is CC1CC[N+]2(C)CCCC12. The van der Waals surface area contributed by atoms with Crippen LogP contribution in [0.2, 0.25) is 0 Å². The predicted molar refractivity (Wildman–Crippen MR) is 42.7 cm³/mol. The molecular weight excluding hydrogens is 122 g/mol.